The predicted octanol–water partition coefficient (Wildman–Crippen LogP) is 4.54. The lowest BCUT2D eigenvalue weighted by atomic mass is 10.1. The van der Waals surface area contributed by atoms with Crippen LogP contribution < -0.4 is 20.1 Å². The number of amides is 4. The number of carbonyl (C=O) groups is 4. The smallest absolute Gasteiger partial charge is 0.373 e. The van der Waals surface area contributed by atoms with Gasteiger partial charge in [-0.15, -0.1) is 0 Å². The Morgan fingerprint density at radius 1 is 1.12 bits per heavy atom. The van der Waals surface area contributed by atoms with E-state index in [2.05, 4.69) is 15.4 Å². The fourth-order valence-electron chi connectivity index (χ4n) is 3.82. The van der Waals surface area contributed by atoms with E-state index in [-0.39, 0.29) is 59.4 Å². The number of benzene rings is 2. The van der Waals surface area contributed by atoms with Crippen molar-refractivity contribution in [2.75, 3.05) is 25.6 Å². The van der Waals surface area contributed by atoms with Crippen LogP contribution in [0.3, 0.4) is 0 Å². The molecule has 40 heavy (non-hydrogen) atoms. The van der Waals surface area contributed by atoms with E-state index < -0.39 is 17.9 Å². The van der Waals surface area contributed by atoms with E-state index in [1.165, 1.54) is 31.4 Å². The number of anilines is 1. The van der Waals surface area contributed by atoms with Gasteiger partial charge in [0, 0.05) is 5.69 Å². The molecule has 1 saturated heterocycles. The maximum atomic E-state index is 12.9. The number of hydrogen-bond donors (Lipinski definition) is 2. The molecule has 0 radical (unpaired) electrons. The molecule has 1 aliphatic rings. The minimum Gasteiger partial charge on any atom is -0.490 e. The number of para-hydroxylation sites is 1. The Hall–Kier alpha value is -4.77. The van der Waals surface area contributed by atoms with Crippen molar-refractivity contribution < 1.29 is 37.8 Å². The molecule has 1 aromatic heterocycles. The molecule has 0 spiro atoms. The summed E-state index contributed by atoms with van der Waals surface area (Å²) in [6, 6.07) is 12.6. The fraction of sp³-hybridized carbons (Fsp3) is 0.214. The summed E-state index contributed by atoms with van der Waals surface area (Å²) < 4.78 is 21.3. The van der Waals surface area contributed by atoms with Crippen LogP contribution in [0.25, 0.3) is 6.08 Å². The van der Waals surface area contributed by atoms with E-state index in [1.807, 2.05) is 25.1 Å². The Balaban J connectivity index is 1.48. The second-order valence-corrected chi connectivity index (χ2v) is 8.96. The summed E-state index contributed by atoms with van der Waals surface area (Å²) >= 11 is 6.47. The van der Waals surface area contributed by atoms with E-state index in [0.717, 1.165) is 10.5 Å². The summed E-state index contributed by atoms with van der Waals surface area (Å²) in [5.74, 6) is -1.08. The van der Waals surface area contributed by atoms with Gasteiger partial charge in [0.15, 0.2) is 18.1 Å². The summed E-state index contributed by atoms with van der Waals surface area (Å²) in [4.78, 5) is 50.4. The number of urea groups is 1. The molecule has 2 aromatic carbocycles. The van der Waals surface area contributed by atoms with Crippen molar-refractivity contribution in [2.24, 2.45) is 0 Å². The van der Waals surface area contributed by atoms with Crippen LogP contribution in [0, 0.1) is 6.92 Å². The first-order valence-corrected chi connectivity index (χ1v) is 12.5. The lowest BCUT2D eigenvalue weighted by Crippen LogP contribution is -2.30. The number of carbonyl (C=O) groups excluding carboxylic acids is 4. The topological polar surface area (TPSA) is 136 Å². The van der Waals surface area contributed by atoms with Crippen molar-refractivity contribution in [3.8, 4) is 11.5 Å². The van der Waals surface area contributed by atoms with Crippen molar-refractivity contribution in [3.05, 3.63) is 81.9 Å². The van der Waals surface area contributed by atoms with Gasteiger partial charge in [0.2, 0.25) is 5.76 Å². The first kappa shape index (κ1) is 28.2. The Bertz CT molecular complexity index is 1500. The first-order chi connectivity index (χ1) is 19.2. The molecule has 208 valence electrons. The van der Waals surface area contributed by atoms with Gasteiger partial charge in [-0.1, -0.05) is 29.8 Å². The zero-order chi connectivity index (χ0) is 28.8. The zero-order valence-corrected chi connectivity index (χ0v) is 22.7. The molecule has 0 aliphatic carbocycles. The number of nitrogens with one attached hydrogen (secondary N) is 2. The third kappa shape index (κ3) is 6.44. The maximum absolute atomic E-state index is 12.9. The lowest BCUT2D eigenvalue weighted by molar-refractivity contribution is -0.123. The number of esters is 1. The van der Waals surface area contributed by atoms with Crippen LogP contribution >= 0.6 is 11.6 Å². The van der Waals surface area contributed by atoms with Gasteiger partial charge in [-0.3, -0.25) is 14.5 Å². The van der Waals surface area contributed by atoms with Crippen LogP contribution in [-0.2, 0) is 20.9 Å². The highest BCUT2D eigenvalue weighted by atomic mass is 35.5. The Morgan fingerprint density at radius 3 is 2.62 bits per heavy atom. The van der Waals surface area contributed by atoms with Crippen molar-refractivity contribution >= 4 is 47.2 Å². The Morgan fingerprint density at radius 2 is 1.90 bits per heavy atom. The second-order valence-electron chi connectivity index (χ2n) is 8.55. The number of rotatable bonds is 10. The quantitative estimate of drug-likeness (QED) is 0.207. The molecule has 2 heterocycles. The number of furan rings is 1. The molecule has 1 fully saturated rings. The van der Waals surface area contributed by atoms with Crippen molar-refractivity contribution in [3.63, 3.8) is 0 Å². The molecular weight excluding hydrogens is 542 g/mol. The number of aryl methyl sites for hydroxylation is 1. The molecule has 0 unspecified atom stereocenters. The van der Waals surface area contributed by atoms with Crippen LogP contribution in [0.15, 0.2) is 58.6 Å². The van der Waals surface area contributed by atoms with Gasteiger partial charge in [0.1, 0.15) is 11.5 Å². The van der Waals surface area contributed by atoms with Crippen LogP contribution in [0.4, 0.5) is 10.5 Å². The molecule has 4 amide bonds. The molecule has 1 aliphatic heterocycles. The maximum Gasteiger partial charge on any atom is 0.373 e. The monoisotopic (exact) mass is 567 g/mol. The van der Waals surface area contributed by atoms with E-state index >= 15 is 0 Å². The summed E-state index contributed by atoms with van der Waals surface area (Å²) in [5, 5.41) is 5.44. The van der Waals surface area contributed by atoms with Crippen LogP contribution in [0.2, 0.25) is 5.02 Å². The summed E-state index contributed by atoms with van der Waals surface area (Å²) in [6.07, 6.45) is 1.44. The van der Waals surface area contributed by atoms with Crippen LogP contribution in [-0.4, -0.2) is 49.0 Å². The second kappa shape index (κ2) is 12.4. The third-order valence-electron chi connectivity index (χ3n) is 5.73. The van der Waals surface area contributed by atoms with Crippen LogP contribution in [0.5, 0.6) is 11.5 Å². The minimum atomic E-state index is -0.676. The van der Waals surface area contributed by atoms with E-state index in [9.17, 15) is 19.2 Å². The molecule has 0 saturated carbocycles. The van der Waals surface area contributed by atoms with E-state index in [1.54, 1.807) is 19.1 Å². The highest BCUT2D eigenvalue weighted by Gasteiger charge is 2.34. The van der Waals surface area contributed by atoms with Gasteiger partial charge in [-0.05, 0) is 61.4 Å². The van der Waals surface area contributed by atoms with Gasteiger partial charge in [0.05, 0.1) is 25.3 Å². The molecule has 0 atom stereocenters. The fourth-order valence-corrected chi connectivity index (χ4v) is 4.10. The molecule has 2 N–H and O–H groups in total. The average Bonchev–Trinajstić information content (AvgIpc) is 3.49. The molecular formula is C28H26ClN3O8. The molecule has 3 aromatic rings. The van der Waals surface area contributed by atoms with Gasteiger partial charge in [-0.25, -0.2) is 9.59 Å². The molecule has 4 rings (SSSR count). The van der Waals surface area contributed by atoms with Gasteiger partial charge in [0.25, 0.3) is 11.8 Å². The van der Waals surface area contributed by atoms with E-state index in [4.69, 9.17) is 25.5 Å². The first-order valence-electron chi connectivity index (χ1n) is 12.2. The number of imide groups is 1. The number of ether oxygens (including phenoxy) is 3. The number of methoxy groups -OCH3 is 1. The zero-order valence-electron chi connectivity index (χ0n) is 21.9. The molecule has 0 bridgehead atoms. The average molecular weight is 568 g/mol. The highest BCUT2D eigenvalue weighted by molar-refractivity contribution is 6.32. The summed E-state index contributed by atoms with van der Waals surface area (Å²) in [5.41, 5.74) is 2.02. The predicted molar refractivity (Wildman–Crippen MR) is 145 cm³/mol. The summed E-state index contributed by atoms with van der Waals surface area (Å²) in [7, 11) is 1.21. The van der Waals surface area contributed by atoms with Gasteiger partial charge >= 0.3 is 12.0 Å². The van der Waals surface area contributed by atoms with Gasteiger partial charge < -0.3 is 29.3 Å². The number of nitrogens with zero attached hydrogens (tertiary/aromatic N) is 1. The largest absolute Gasteiger partial charge is 0.490 e. The minimum absolute atomic E-state index is 0.00506. The van der Waals surface area contributed by atoms with Crippen molar-refractivity contribution in [1.82, 2.24) is 10.2 Å². The highest BCUT2D eigenvalue weighted by Crippen LogP contribution is 2.37. The SMILES string of the molecule is CCOc1cc(/C=C2\NC(=O)N(Cc3ccc(C(=O)OC)o3)C2=O)cc(Cl)c1OCC(=O)Nc1ccccc1C. The lowest BCUT2D eigenvalue weighted by Gasteiger charge is -2.15. The van der Waals surface area contributed by atoms with Crippen LogP contribution in [0.1, 0.15) is 34.4 Å². The standard InChI is InChI=1S/C28H26ClN3O8/c1-4-38-23-13-17(11-19(29)25(23)39-15-24(33)30-20-8-6-5-7-16(20)2)12-21-26(34)32(28(36)31-21)14-18-9-10-22(40-18)27(35)37-3/h5-13H,4,14-15H2,1-3H3,(H,30,33)(H,31,36)/b21-12-. The van der Waals surface area contributed by atoms with Crippen molar-refractivity contribution in [2.45, 2.75) is 20.4 Å². The van der Waals surface area contributed by atoms with Gasteiger partial charge in [-0.2, -0.15) is 0 Å². The summed E-state index contributed by atoms with van der Waals surface area (Å²) in [6.45, 7) is 3.42. The normalized spacial score (nSPS) is 13.8. The third-order valence-corrected chi connectivity index (χ3v) is 6.01. The number of hydrogen-bond acceptors (Lipinski definition) is 8. The molecule has 11 nitrogen and oxygen atoms in total. The molecule has 12 heteroatoms. The Kier molecular flexibility index (Phi) is 8.75. The number of halogens is 1. The van der Waals surface area contributed by atoms with Crippen molar-refractivity contribution in [1.29, 1.82) is 0 Å². The Labute approximate surface area is 234 Å². The van der Waals surface area contributed by atoms with E-state index in [0.29, 0.717) is 11.3 Å².